The van der Waals surface area contributed by atoms with Crippen LogP contribution in [0.2, 0.25) is 0 Å². The van der Waals surface area contributed by atoms with Gasteiger partial charge in [-0.2, -0.15) is 0 Å². The second kappa shape index (κ2) is 7.01. The third-order valence-corrected chi connectivity index (χ3v) is 2.73. The number of benzene rings is 1. The molecule has 1 aromatic rings. The van der Waals surface area contributed by atoms with Crippen LogP contribution in [0.1, 0.15) is 25.8 Å². The van der Waals surface area contributed by atoms with Crippen molar-refractivity contribution in [3.05, 3.63) is 29.8 Å². The molecule has 0 heterocycles. The molecule has 4 heteroatoms. The zero-order valence-electron chi connectivity index (χ0n) is 10.9. The largest absolute Gasteiger partial charge is 0.508 e. The van der Waals surface area contributed by atoms with Crippen LogP contribution >= 0.6 is 0 Å². The van der Waals surface area contributed by atoms with Gasteiger partial charge in [-0.1, -0.05) is 25.1 Å². The van der Waals surface area contributed by atoms with Crippen LogP contribution in [0.3, 0.4) is 0 Å². The van der Waals surface area contributed by atoms with Gasteiger partial charge >= 0.3 is 0 Å². The van der Waals surface area contributed by atoms with Crippen LogP contribution in [0.15, 0.2) is 24.3 Å². The summed E-state index contributed by atoms with van der Waals surface area (Å²) in [5, 5.41) is 21.6. The zero-order chi connectivity index (χ0) is 13.5. The summed E-state index contributed by atoms with van der Waals surface area (Å²) in [4.78, 5) is 11.7. The number of para-hydroxylation sites is 1. The van der Waals surface area contributed by atoms with Gasteiger partial charge in [-0.15, -0.1) is 0 Å². The maximum Gasteiger partial charge on any atom is 0.224 e. The molecule has 0 aromatic heterocycles. The first-order valence-corrected chi connectivity index (χ1v) is 6.20. The number of hydrogen-bond donors (Lipinski definition) is 3. The van der Waals surface area contributed by atoms with E-state index >= 15 is 0 Å². The highest BCUT2D eigenvalue weighted by Gasteiger charge is 2.10. The lowest BCUT2D eigenvalue weighted by atomic mass is 10.0. The predicted molar refractivity (Wildman–Crippen MR) is 70.3 cm³/mol. The van der Waals surface area contributed by atoms with Crippen LogP contribution in [0, 0.1) is 5.92 Å². The SMILES string of the molecule is C[C@@H](CNC(=O)Cc1ccccc1O)C[C@H](C)O. The molecule has 3 N–H and O–H groups in total. The third-order valence-electron chi connectivity index (χ3n) is 2.73. The van der Waals surface area contributed by atoms with Gasteiger partial charge in [0.2, 0.25) is 5.91 Å². The van der Waals surface area contributed by atoms with Crippen molar-refractivity contribution in [2.45, 2.75) is 32.8 Å². The molecule has 0 saturated heterocycles. The van der Waals surface area contributed by atoms with Gasteiger partial charge < -0.3 is 15.5 Å². The minimum absolute atomic E-state index is 0.117. The number of aromatic hydroxyl groups is 1. The van der Waals surface area contributed by atoms with Crippen LogP contribution in [0.5, 0.6) is 5.75 Å². The summed E-state index contributed by atoms with van der Waals surface area (Å²) in [5.41, 5.74) is 0.623. The van der Waals surface area contributed by atoms with Crippen molar-refractivity contribution >= 4 is 5.91 Å². The number of carbonyl (C=O) groups is 1. The van der Waals surface area contributed by atoms with E-state index in [9.17, 15) is 15.0 Å². The topological polar surface area (TPSA) is 69.6 Å². The van der Waals surface area contributed by atoms with Gasteiger partial charge in [-0.25, -0.2) is 0 Å². The van der Waals surface area contributed by atoms with Gasteiger partial charge in [0.1, 0.15) is 5.75 Å². The number of aliphatic hydroxyl groups excluding tert-OH is 1. The Morgan fingerprint density at radius 1 is 1.33 bits per heavy atom. The third kappa shape index (κ3) is 5.19. The standard InChI is InChI=1S/C14H21NO3/c1-10(7-11(2)16)9-15-14(18)8-12-5-3-4-6-13(12)17/h3-6,10-11,16-17H,7-9H2,1-2H3,(H,15,18)/t10-,11+/m1/s1. The molecule has 0 radical (unpaired) electrons. The molecular formula is C14H21NO3. The van der Waals surface area contributed by atoms with Crippen molar-refractivity contribution < 1.29 is 15.0 Å². The highest BCUT2D eigenvalue weighted by Crippen LogP contribution is 2.15. The second-order valence-electron chi connectivity index (χ2n) is 4.80. The Kier molecular flexibility index (Phi) is 5.65. The van der Waals surface area contributed by atoms with E-state index in [-0.39, 0.29) is 30.1 Å². The molecule has 0 saturated carbocycles. The molecule has 2 atom stereocenters. The number of hydrogen-bond acceptors (Lipinski definition) is 3. The van der Waals surface area contributed by atoms with Gasteiger partial charge in [0.05, 0.1) is 12.5 Å². The maximum atomic E-state index is 11.7. The van der Waals surface area contributed by atoms with E-state index in [4.69, 9.17) is 0 Å². The van der Waals surface area contributed by atoms with Gasteiger partial charge in [0.25, 0.3) is 0 Å². The first kappa shape index (κ1) is 14.5. The highest BCUT2D eigenvalue weighted by atomic mass is 16.3. The fraction of sp³-hybridized carbons (Fsp3) is 0.500. The molecule has 1 aromatic carbocycles. The number of rotatable bonds is 6. The van der Waals surface area contributed by atoms with E-state index < -0.39 is 0 Å². The van der Waals surface area contributed by atoms with E-state index in [0.29, 0.717) is 18.5 Å². The quantitative estimate of drug-likeness (QED) is 0.717. The Morgan fingerprint density at radius 2 is 2.00 bits per heavy atom. The Balaban J connectivity index is 2.36. The average Bonchev–Trinajstić information content (AvgIpc) is 2.29. The molecule has 0 aliphatic heterocycles. The smallest absolute Gasteiger partial charge is 0.224 e. The van der Waals surface area contributed by atoms with Crippen molar-refractivity contribution in [3.8, 4) is 5.75 Å². The molecular weight excluding hydrogens is 230 g/mol. The number of phenolic OH excluding ortho intramolecular Hbond substituents is 1. The van der Waals surface area contributed by atoms with Crippen molar-refractivity contribution in [2.75, 3.05) is 6.54 Å². The van der Waals surface area contributed by atoms with Crippen molar-refractivity contribution in [1.82, 2.24) is 5.32 Å². The lowest BCUT2D eigenvalue weighted by molar-refractivity contribution is -0.120. The molecule has 0 aliphatic carbocycles. The molecule has 4 nitrogen and oxygen atoms in total. The summed E-state index contributed by atoms with van der Waals surface area (Å²) in [6, 6.07) is 6.81. The number of phenols is 1. The van der Waals surface area contributed by atoms with Crippen molar-refractivity contribution in [3.63, 3.8) is 0 Å². The zero-order valence-corrected chi connectivity index (χ0v) is 10.9. The molecule has 1 amide bonds. The number of aliphatic hydroxyl groups is 1. The number of amides is 1. The predicted octanol–water partition coefficient (Wildman–Crippen LogP) is 1.46. The lowest BCUT2D eigenvalue weighted by Gasteiger charge is -2.14. The number of carbonyl (C=O) groups excluding carboxylic acids is 1. The first-order valence-electron chi connectivity index (χ1n) is 6.20. The summed E-state index contributed by atoms with van der Waals surface area (Å²) >= 11 is 0. The molecule has 0 spiro atoms. The summed E-state index contributed by atoms with van der Waals surface area (Å²) in [5.74, 6) is 0.261. The van der Waals surface area contributed by atoms with E-state index in [1.54, 1.807) is 31.2 Å². The molecule has 0 fully saturated rings. The average molecular weight is 251 g/mol. The van der Waals surface area contributed by atoms with Gasteiger partial charge in [-0.3, -0.25) is 4.79 Å². The second-order valence-corrected chi connectivity index (χ2v) is 4.80. The van der Waals surface area contributed by atoms with E-state index in [1.165, 1.54) is 0 Å². The Bertz CT molecular complexity index is 390. The van der Waals surface area contributed by atoms with Crippen LogP contribution < -0.4 is 5.32 Å². The van der Waals surface area contributed by atoms with Crippen LogP contribution in [-0.4, -0.2) is 28.8 Å². The fourth-order valence-electron chi connectivity index (χ4n) is 1.85. The first-order chi connectivity index (χ1) is 8.49. The fourth-order valence-corrected chi connectivity index (χ4v) is 1.85. The highest BCUT2D eigenvalue weighted by molar-refractivity contribution is 5.79. The Hall–Kier alpha value is -1.55. The lowest BCUT2D eigenvalue weighted by Crippen LogP contribution is -2.30. The van der Waals surface area contributed by atoms with Gasteiger partial charge in [0, 0.05) is 12.1 Å². The van der Waals surface area contributed by atoms with Crippen LogP contribution in [0.25, 0.3) is 0 Å². The summed E-state index contributed by atoms with van der Waals surface area (Å²) < 4.78 is 0. The normalized spacial score (nSPS) is 13.9. The van der Waals surface area contributed by atoms with E-state index in [2.05, 4.69) is 5.32 Å². The Labute approximate surface area is 108 Å². The molecule has 0 unspecified atom stereocenters. The molecule has 18 heavy (non-hydrogen) atoms. The van der Waals surface area contributed by atoms with E-state index in [0.717, 1.165) is 0 Å². The minimum atomic E-state index is -0.352. The maximum absolute atomic E-state index is 11.7. The minimum Gasteiger partial charge on any atom is -0.508 e. The molecule has 0 aliphatic rings. The van der Waals surface area contributed by atoms with Gasteiger partial charge in [-0.05, 0) is 25.3 Å². The summed E-state index contributed by atoms with van der Waals surface area (Å²) in [6.45, 7) is 4.25. The summed E-state index contributed by atoms with van der Waals surface area (Å²) in [7, 11) is 0. The van der Waals surface area contributed by atoms with Crippen LogP contribution in [-0.2, 0) is 11.2 Å². The Morgan fingerprint density at radius 3 is 2.61 bits per heavy atom. The van der Waals surface area contributed by atoms with Crippen molar-refractivity contribution in [1.29, 1.82) is 0 Å². The molecule has 0 bridgehead atoms. The van der Waals surface area contributed by atoms with Crippen LogP contribution in [0.4, 0.5) is 0 Å². The van der Waals surface area contributed by atoms with Crippen molar-refractivity contribution in [2.24, 2.45) is 5.92 Å². The molecule has 1 rings (SSSR count). The van der Waals surface area contributed by atoms with E-state index in [1.807, 2.05) is 6.92 Å². The molecule has 100 valence electrons. The summed E-state index contributed by atoms with van der Waals surface area (Å²) in [6.07, 6.45) is 0.486. The monoisotopic (exact) mass is 251 g/mol. The van der Waals surface area contributed by atoms with Gasteiger partial charge in [0.15, 0.2) is 0 Å². The number of nitrogens with one attached hydrogen (secondary N) is 1.